The molecule has 1 aromatic heterocycles. The lowest BCUT2D eigenvalue weighted by molar-refractivity contribution is 0.0729. The average molecular weight is 307 g/mol. The predicted molar refractivity (Wildman–Crippen MR) is 79.1 cm³/mol. The number of carbonyl (C=O) groups excluding carboxylic acids is 1. The van der Waals surface area contributed by atoms with E-state index in [0.29, 0.717) is 23.8 Å². The Labute approximate surface area is 127 Å². The van der Waals surface area contributed by atoms with Gasteiger partial charge in [-0.15, -0.1) is 0 Å². The van der Waals surface area contributed by atoms with E-state index < -0.39 is 0 Å². The second-order valence-corrected chi connectivity index (χ2v) is 5.56. The maximum atomic E-state index is 12.5. The van der Waals surface area contributed by atoms with E-state index in [-0.39, 0.29) is 11.1 Å². The molecule has 3 nitrogen and oxygen atoms in total. The van der Waals surface area contributed by atoms with E-state index in [2.05, 4.69) is 11.1 Å². The second kappa shape index (κ2) is 5.43. The Kier molecular flexibility index (Phi) is 3.64. The van der Waals surface area contributed by atoms with Crippen molar-refractivity contribution in [3.05, 3.63) is 63.4 Å². The highest BCUT2D eigenvalue weighted by Gasteiger charge is 2.22. The highest BCUT2D eigenvalue weighted by atomic mass is 35.5. The third-order valence-corrected chi connectivity index (χ3v) is 3.81. The molecule has 1 aliphatic rings. The number of fused-ring (bicyclic) bond motifs is 1. The summed E-state index contributed by atoms with van der Waals surface area (Å²) in [6.45, 7) is 1.28. The summed E-state index contributed by atoms with van der Waals surface area (Å²) in [5.41, 5.74) is 2.77. The summed E-state index contributed by atoms with van der Waals surface area (Å²) in [5, 5.41) is 0.656. The molecule has 2 aromatic rings. The third-order valence-electron chi connectivity index (χ3n) is 3.40. The first-order chi connectivity index (χ1) is 9.63. The number of benzene rings is 1. The maximum absolute atomic E-state index is 12.5. The van der Waals surface area contributed by atoms with Gasteiger partial charge in [-0.1, -0.05) is 47.5 Å². The van der Waals surface area contributed by atoms with E-state index in [1.165, 1.54) is 17.2 Å². The van der Waals surface area contributed by atoms with E-state index in [4.69, 9.17) is 23.2 Å². The molecule has 0 bridgehead atoms. The van der Waals surface area contributed by atoms with E-state index in [1.54, 1.807) is 11.0 Å². The van der Waals surface area contributed by atoms with Gasteiger partial charge in [-0.3, -0.25) is 4.79 Å². The molecule has 0 saturated carbocycles. The molecule has 0 spiro atoms. The van der Waals surface area contributed by atoms with Crippen LogP contribution in [-0.4, -0.2) is 22.3 Å². The standard InChI is InChI=1S/C15H12Cl2N2O/c16-12-7-13(18-14(17)8-12)15(20)19-6-5-10-3-1-2-4-11(10)9-19/h1-4,7-8H,5-6,9H2. The van der Waals surface area contributed by atoms with Gasteiger partial charge in [0.2, 0.25) is 0 Å². The number of hydrogen-bond donors (Lipinski definition) is 0. The molecule has 1 aromatic carbocycles. The van der Waals surface area contributed by atoms with Crippen LogP contribution in [-0.2, 0) is 13.0 Å². The van der Waals surface area contributed by atoms with Crippen LogP contribution >= 0.6 is 23.2 Å². The number of pyridine rings is 1. The van der Waals surface area contributed by atoms with E-state index >= 15 is 0 Å². The second-order valence-electron chi connectivity index (χ2n) is 4.74. The minimum Gasteiger partial charge on any atom is -0.333 e. The minimum absolute atomic E-state index is 0.135. The van der Waals surface area contributed by atoms with Crippen molar-refractivity contribution in [1.82, 2.24) is 9.88 Å². The maximum Gasteiger partial charge on any atom is 0.272 e. The van der Waals surface area contributed by atoms with Crippen LogP contribution in [0, 0.1) is 0 Å². The van der Waals surface area contributed by atoms with Gasteiger partial charge < -0.3 is 4.90 Å². The Balaban J connectivity index is 1.86. The highest BCUT2D eigenvalue weighted by molar-refractivity contribution is 6.34. The fourth-order valence-corrected chi connectivity index (χ4v) is 2.88. The van der Waals surface area contributed by atoms with Gasteiger partial charge in [-0.05, 0) is 29.7 Å². The summed E-state index contributed by atoms with van der Waals surface area (Å²) in [6, 6.07) is 11.2. The molecule has 2 heterocycles. The lowest BCUT2D eigenvalue weighted by Crippen LogP contribution is -2.36. The quantitative estimate of drug-likeness (QED) is 0.754. The number of hydrogen-bond acceptors (Lipinski definition) is 2. The van der Waals surface area contributed by atoms with Crippen molar-refractivity contribution in [2.45, 2.75) is 13.0 Å². The SMILES string of the molecule is O=C(c1cc(Cl)cc(Cl)n1)N1CCc2ccccc2C1. The minimum atomic E-state index is -0.135. The van der Waals surface area contributed by atoms with E-state index in [1.807, 2.05) is 18.2 Å². The molecule has 1 aliphatic heterocycles. The Morgan fingerprint density at radius 2 is 1.90 bits per heavy atom. The molecule has 102 valence electrons. The Morgan fingerprint density at radius 1 is 1.15 bits per heavy atom. The van der Waals surface area contributed by atoms with Crippen molar-refractivity contribution in [2.24, 2.45) is 0 Å². The molecule has 0 unspecified atom stereocenters. The monoisotopic (exact) mass is 306 g/mol. The predicted octanol–water partition coefficient (Wildman–Crippen LogP) is 3.59. The Bertz CT molecular complexity index is 652. The molecule has 1 amide bonds. The molecule has 0 atom stereocenters. The topological polar surface area (TPSA) is 33.2 Å². The molecular formula is C15H12Cl2N2O. The smallest absolute Gasteiger partial charge is 0.272 e. The van der Waals surface area contributed by atoms with Crippen LogP contribution in [0.1, 0.15) is 21.6 Å². The molecule has 0 saturated heterocycles. The molecule has 0 N–H and O–H groups in total. The van der Waals surface area contributed by atoms with Gasteiger partial charge in [-0.2, -0.15) is 0 Å². The van der Waals surface area contributed by atoms with Crippen molar-refractivity contribution in [1.29, 1.82) is 0 Å². The molecule has 0 radical (unpaired) electrons. The molecule has 3 rings (SSSR count). The summed E-state index contributed by atoms with van der Waals surface area (Å²) in [7, 11) is 0. The van der Waals surface area contributed by atoms with Crippen LogP contribution < -0.4 is 0 Å². The van der Waals surface area contributed by atoms with Crippen molar-refractivity contribution in [2.75, 3.05) is 6.54 Å². The number of aromatic nitrogens is 1. The van der Waals surface area contributed by atoms with Gasteiger partial charge in [0.25, 0.3) is 5.91 Å². The van der Waals surface area contributed by atoms with Crippen LogP contribution in [0.2, 0.25) is 10.2 Å². The number of nitrogens with zero attached hydrogens (tertiary/aromatic N) is 2. The van der Waals surface area contributed by atoms with Crippen LogP contribution in [0.5, 0.6) is 0 Å². The fourth-order valence-electron chi connectivity index (χ4n) is 2.41. The first kappa shape index (κ1) is 13.4. The van der Waals surface area contributed by atoms with Crippen molar-refractivity contribution in [3.63, 3.8) is 0 Å². The third kappa shape index (κ3) is 2.65. The van der Waals surface area contributed by atoms with Crippen molar-refractivity contribution in [3.8, 4) is 0 Å². The lowest BCUT2D eigenvalue weighted by atomic mass is 10.00. The molecule has 20 heavy (non-hydrogen) atoms. The summed E-state index contributed by atoms with van der Waals surface area (Å²) >= 11 is 11.8. The van der Waals surface area contributed by atoms with E-state index in [0.717, 1.165) is 6.42 Å². The molecule has 0 aliphatic carbocycles. The first-order valence-corrected chi connectivity index (χ1v) is 7.08. The summed E-state index contributed by atoms with van der Waals surface area (Å²) in [6.07, 6.45) is 0.857. The highest BCUT2D eigenvalue weighted by Crippen LogP contribution is 2.22. The van der Waals surface area contributed by atoms with E-state index in [9.17, 15) is 4.79 Å². The van der Waals surface area contributed by atoms with Gasteiger partial charge in [-0.25, -0.2) is 4.98 Å². The summed E-state index contributed by atoms with van der Waals surface area (Å²) in [4.78, 5) is 18.3. The zero-order valence-corrected chi connectivity index (χ0v) is 12.2. The summed E-state index contributed by atoms with van der Waals surface area (Å²) in [5.74, 6) is -0.135. The number of amides is 1. The van der Waals surface area contributed by atoms with Gasteiger partial charge in [0, 0.05) is 18.1 Å². The number of halogens is 2. The summed E-state index contributed by atoms with van der Waals surface area (Å²) < 4.78 is 0. The fraction of sp³-hybridized carbons (Fsp3) is 0.200. The van der Waals surface area contributed by atoms with Crippen LogP contribution in [0.3, 0.4) is 0 Å². The molecular weight excluding hydrogens is 295 g/mol. The van der Waals surface area contributed by atoms with Crippen LogP contribution in [0.25, 0.3) is 0 Å². The van der Waals surface area contributed by atoms with Crippen molar-refractivity contribution < 1.29 is 4.79 Å². The van der Waals surface area contributed by atoms with Gasteiger partial charge >= 0.3 is 0 Å². The normalized spacial score (nSPS) is 14.0. The largest absolute Gasteiger partial charge is 0.333 e. The first-order valence-electron chi connectivity index (χ1n) is 6.32. The van der Waals surface area contributed by atoms with Gasteiger partial charge in [0.1, 0.15) is 10.8 Å². The number of rotatable bonds is 1. The van der Waals surface area contributed by atoms with Gasteiger partial charge in [0.05, 0.1) is 0 Å². The Morgan fingerprint density at radius 3 is 2.65 bits per heavy atom. The zero-order valence-electron chi connectivity index (χ0n) is 10.6. The number of carbonyl (C=O) groups is 1. The average Bonchev–Trinajstić information content (AvgIpc) is 2.45. The lowest BCUT2D eigenvalue weighted by Gasteiger charge is -2.28. The van der Waals surface area contributed by atoms with Crippen molar-refractivity contribution >= 4 is 29.1 Å². The molecule has 0 fully saturated rings. The zero-order chi connectivity index (χ0) is 14.1. The Hall–Kier alpha value is -1.58. The van der Waals surface area contributed by atoms with Gasteiger partial charge in [0.15, 0.2) is 0 Å². The van der Waals surface area contributed by atoms with Crippen LogP contribution in [0.4, 0.5) is 0 Å². The van der Waals surface area contributed by atoms with Crippen LogP contribution in [0.15, 0.2) is 36.4 Å². The molecule has 5 heteroatoms.